The van der Waals surface area contributed by atoms with Gasteiger partial charge in [-0.05, 0) is 11.5 Å². The number of hydrogen-bond donors (Lipinski definition) is 4. The molecule has 0 aliphatic carbocycles. The molecule has 2 aromatic rings. The van der Waals surface area contributed by atoms with Crippen LogP contribution in [0.5, 0.6) is 0 Å². The molecule has 0 atom stereocenters. The molecule has 16 heavy (non-hydrogen) atoms. The van der Waals surface area contributed by atoms with Gasteiger partial charge in [-0.1, -0.05) is 0 Å². The number of rotatable bonds is 4. The maximum Gasteiger partial charge on any atom is 0.255 e. The Labute approximate surface area is 95.0 Å². The largest absolute Gasteiger partial charge is 0.382 e. The lowest BCUT2D eigenvalue weighted by Crippen LogP contribution is -2.14. The van der Waals surface area contributed by atoms with Gasteiger partial charge in [-0.3, -0.25) is 9.89 Å². The van der Waals surface area contributed by atoms with Crippen LogP contribution >= 0.6 is 11.5 Å². The molecule has 0 radical (unpaired) electrons. The molecule has 8 heteroatoms. The summed E-state index contributed by atoms with van der Waals surface area (Å²) in [5, 5.41) is 10.1. The van der Waals surface area contributed by atoms with Gasteiger partial charge < -0.3 is 16.8 Å². The molecule has 0 aliphatic heterocycles. The number of nitrogens with zero attached hydrogens (tertiary/aromatic N) is 2. The van der Waals surface area contributed by atoms with Crippen molar-refractivity contribution < 1.29 is 4.79 Å². The Bertz CT molecular complexity index is 491. The Kier molecular flexibility index (Phi) is 2.73. The van der Waals surface area contributed by atoms with Gasteiger partial charge in [0.05, 0.1) is 6.20 Å². The highest BCUT2D eigenvalue weighted by Gasteiger charge is 2.16. The van der Waals surface area contributed by atoms with Gasteiger partial charge in [-0.15, -0.1) is 0 Å². The summed E-state index contributed by atoms with van der Waals surface area (Å²) in [5.41, 5.74) is 11.9. The van der Waals surface area contributed by atoms with Gasteiger partial charge in [0.1, 0.15) is 10.6 Å². The molecular weight excluding hydrogens is 228 g/mol. The second-order valence-corrected chi connectivity index (χ2v) is 3.87. The number of nitrogen functional groups attached to an aromatic ring is 1. The number of aromatic nitrogens is 3. The van der Waals surface area contributed by atoms with Crippen molar-refractivity contribution >= 4 is 28.3 Å². The van der Waals surface area contributed by atoms with Gasteiger partial charge in [0.15, 0.2) is 5.82 Å². The summed E-state index contributed by atoms with van der Waals surface area (Å²) in [6.07, 6.45) is 3.43. The van der Waals surface area contributed by atoms with Crippen LogP contribution in [0.1, 0.15) is 15.9 Å². The summed E-state index contributed by atoms with van der Waals surface area (Å²) >= 11 is 1.11. The number of aromatic amines is 1. The van der Waals surface area contributed by atoms with Crippen molar-refractivity contribution in [3.8, 4) is 0 Å². The number of carbonyl (C=O) groups excluding carboxylic acids is 1. The molecule has 6 N–H and O–H groups in total. The molecule has 0 bridgehead atoms. The summed E-state index contributed by atoms with van der Waals surface area (Å²) in [5.74, 6) is -0.423. The van der Waals surface area contributed by atoms with Gasteiger partial charge in [0, 0.05) is 18.3 Å². The molecule has 2 rings (SSSR count). The van der Waals surface area contributed by atoms with Crippen LogP contribution in [-0.4, -0.2) is 20.5 Å². The summed E-state index contributed by atoms with van der Waals surface area (Å²) < 4.78 is 3.87. The van der Waals surface area contributed by atoms with E-state index in [9.17, 15) is 4.79 Å². The fourth-order valence-electron chi connectivity index (χ4n) is 1.22. The summed E-state index contributed by atoms with van der Waals surface area (Å²) in [4.78, 5) is 11.1. The predicted octanol–water partition coefficient (Wildman–Crippen LogP) is 0.159. The van der Waals surface area contributed by atoms with Crippen molar-refractivity contribution in [1.29, 1.82) is 0 Å². The normalized spacial score (nSPS) is 10.2. The Morgan fingerprint density at radius 3 is 3.06 bits per heavy atom. The van der Waals surface area contributed by atoms with Crippen molar-refractivity contribution in [2.75, 3.05) is 11.1 Å². The molecule has 7 nitrogen and oxygen atoms in total. The highest BCUT2D eigenvalue weighted by Crippen LogP contribution is 2.26. The third-order valence-corrected chi connectivity index (χ3v) is 2.79. The highest BCUT2D eigenvalue weighted by molar-refractivity contribution is 7.11. The second kappa shape index (κ2) is 4.19. The lowest BCUT2D eigenvalue weighted by atomic mass is 10.3. The van der Waals surface area contributed by atoms with E-state index in [0.717, 1.165) is 17.1 Å². The minimum atomic E-state index is -0.582. The van der Waals surface area contributed by atoms with Gasteiger partial charge in [0.25, 0.3) is 5.91 Å². The molecule has 0 fully saturated rings. The van der Waals surface area contributed by atoms with E-state index in [1.54, 1.807) is 12.4 Å². The van der Waals surface area contributed by atoms with Gasteiger partial charge >= 0.3 is 0 Å². The van der Waals surface area contributed by atoms with E-state index < -0.39 is 5.91 Å². The van der Waals surface area contributed by atoms with E-state index in [2.05, 4.69) is 19.9 Å². The van der Waals surface area contributed by atoms with Crippen LogP contribution < -0.4 is 16.8 Å². The Morgan fingerprint density at radius 2 is 2.44 bits per heavy atom. The van der Waals surface area contributed by atoms with E-state index in [1.165, 1.54) is 0 Å². The summed E-state index contributed by atoms with van der Waals surface area (Å²) in [6.45, 7) is 0.526. The quantitative estimate of drug-likeness (QED) is 0.604. The minimum absolute atomic E-state index is 0.159. The average Bonchev–Trinajstić information content (AvgIpc) is 2.83. The smallest absolute Gasteiger partial charge is 0.255 e. The zero-order valence-corrected chi connectivity index (χ0v) is 9.04. The SMILES string of the molecule is NC(=O)c1c(N)nsc1NCc1cn[nH]c1. The Morgan fingerprint density at radius 1 is 1.62 bits per heavy atom. The number of amides is 1. The molecule has 0 spiro atoms. The molecular formula is C8H10N6OS. The van der Waals surface area contributed by atoms with Crippen LogP contribution in [0.2, 0.25) is 0 Å². The van der Waals surface area contributed by atoms with Gasteiger partial charge in [0.2, 0.25) is 0 Å². The highest BCUT2D eigenvalue weighted by atomic mass is 32.1. The van der Waals surface area contributed by atoms with Crippen LogP contribution in [0.25, 0.3) is 0 Å². The van der Waals surface area contributed by atoms with Crippen LogP contribution in [-0.2, 0) is 6.54 Å². The van der Waals surface area contributed by atoms with Crippen molar-refractivity contribution in [1.82, 2.24) is 14.6 Å². The van der Waals surface area contributed by atoms with E-state index in [-0.39, 0.29) is 11.4 Å². The molecule has 0 aromatic carbocycles. The van der Waals surface area contributed by atoms with Gasteiger partial charge in [-0.25, -0.2) is 0 Å². The average molecular weight is 238 g/mol. The van der Waals surface area contributed by atoms with E-state index in [4.69, 9.17) is 11.5 Å². The van der Waals surface area contributed by atoms with Crippen LogP contribution in [0.3, 0.4) is 0 Å². The number of nitrogens with one attached hydrogen (secondary N) is 2. The maximum atomic E-state index is 11.1. The maximum absolute atomic E-state index is 11.1. The van der Waals surface area contributed by atoms with E-state index in [0.29, 0.717) is 11.5 Å². The van der Waals surface area contributed by atoms with Crippen LogP contribution in [0, 0.1) is 0 Å². The molecule has 0 saturated carbocycles. The number of primary amides is 1. The Hall–Kier alpha value is -2.09. The molecule has 2 heterocycles. The van der Waals surface area contributed by atoms with Crippen molar-refractivity contribution in [2.24, 2.45) is 5.73 Å². The molecule has 1 amide bonds. The number of hydrogen-bond acceptors (Lipinski definition) is 6. The first-order chi connectivity index (χ1) is 7.68. The fraction of sp³-hybridized carbons (Fsp3) is 0.125. The van der Waals surface area contributed by atoms with E-state index in [1.807, 2.05) is 0 Å². The third kappa shape index (κ3) is 1.96. The fourth-order valence-corrected chi connectivity index (χ4v) is 1.93. The number of H-pyrrole nitrogens is 1. The molecule has 0 unspecified atom stereocenters. The topological polar surface area (TPSA) is 123 Å². The minimum Gasteiger partial charge on any atom is -0.382 e. The summed E-state index contributed by atoms with van der Waals surface area (Å²) in [7, 11) is 0. The first-order valence-electron chi connectivity index (χ1n) is 4.45. The number of anilines is 2. The zero-order valence-electron chi connectivity index (χ0n) is 8.23. The molecule has 84 valence electrons. The number of carbonyl (C=O) groups is 1. The molecule has 2 aromatic heterocycles. The number of nitrogens with two attached hydrogens (primary N) is 2. The standard InChI is InChI=1S/C8H10N6OS/c9-6-5(7(10)15)8(16-14-6)11-1-4-2-12-13-3-4/h2-3,11H,1H2,(H2,9,14)(H2,10,15)(H,12,13). The lowest BCUT2D eigenvalue weighted by Gasteiger charge is -2.02. The van der Waals surface area contributed by atoms with Crippen molar-refractivity contribution in [3.05, 3.63) is 23.5 Å². The first kappa shape index (κ1) is 10.4. The first-order valence-corrected chi connectivity index (χ1v) is 5.22. The van der Waals surface area contributed by atoms with Gasteiger partial charge in [-0.2, -0.15) is 9.47 Å². The van der Waals surface area contributed by atoms with E-state index >= 15 is 0 Å². The van der Waals surface area contributed by atoms with Crippen LogP contribution in [0.4, 0.5) is 10.8 Å². The molecule has 0 saturated heterocycles. The van der Waals surface area contributed by atoms with Crippen LogP contribution in [0.15, 0.2) is 12.4 Å². The second-order valence-electron chi connectivity index (χ2n) is 3.10. The van der Waals surface area contributed by atoms with Crippen molar-refractivity contribution in [2.45, 2.75) is 6.54 Å². The summed E-state index contributed by atoms with van der Waals surface area (Å²) in [6, 6.07) is 0. The molecule has 0 aliphatic rings. The zero-order chi connectivity index (χ0) is 11.5. The monoisotopic (exact) mass is 238 g/mol. The third-order valence-electron chi connectivity index (χ3n) is 1.97. The Balaban J connectivity index is 2.13. The lowest BCUT2D eigenvalue weighted by molar-refractivity contribution is 0.100. The van der Waals surface area contributed by atoms with Crippen molar-refractivity contribution in [3.63, 3.8) is 0 Å². The predicted molar refractivity (Wildman–Crippen MR) is 61.0 cm³/mol.